The second-order valence-corrected chi connectivity index (χ2v) is 4.67. The molecule has 5 heteroatoms. The monoisotopic (exact) mass is 259 g/mol. The van der Waals surface area contributed by atoms with Crippen LogP contribution in [-0.2, 0) is 9.53 Å². The Bertz CT molecular complexity index is 222. The number of amides is 1. The highest BCUT2D eigenvalue weighted by atomic mass is 16.5. The molecule has 0 saturated carbocycles. The van der Waals surface area contributed by atoms with Gasteiger partial charge in [-0.05, 0) is 26.3 Å². The van der Waals surface area contributed by atoms with E-state index in [4.69, 9.17) is 10.5 Å². The molecule has 0 aromatic heterocycles. The first-order chi connectivity index (χ1) is 8.54. The second-order valence-electron chi connectivity index (χ2n) is 4.67. The highest BCUT2D eigenvalue weighted by Crippen LogP contribution is 2.02. The molecule has 0 fully saturated rings. The second kappa shape index (κ2) is 10.3. The van der Waals surface area contributed by atoms with Crippen molar-refractivity contribution in [2.24, 2.45) is 5.73 Å². The summed E-state index contributed by atoms with van der Waals surface area (Å²) in [6.45, 7) is 7.59. The minimum Gasteiger partial charge on any atom is -0.377 e. The van der Waals surface area contributed by atoms with Gasteiger partial charge in [0.05, 0.1) is 12.6 Å². The molecule has 0 radical (unpaired) electrons. The van der Waals surface area contributed by atoms with Crippen molar-refractivity contribution in [1.29, 1.82) is 0 Å². The molecule has 0 aliphatic rings. The summed E-state index contributed by atoms with van der Waals surface area (Å²) in [7, 11) is 3.57. The zero-order valence-electron chi connectivity index (χ0n) is 12.3. The summed E-state index contributed by atoms with van der Waals surface area (Å²) >= 11 is 0. The summed E-state index contributed by atoms with van der Waals surface area (Å²) in [5.74, 6) is 0.143. The number of carbonyl (C=O) groups is 1. The molecule has 0 aromatic rings. The first kappa shape index (κ1) is 17.4. The zero-order chi connectivity index (χ0) is 14.0. The molecule has 0 spiro atoms. The van der Waals surface area contributed by atoms with E-state index in [-0.39, 0.29) is 12.0 Å². The Labute approximate surface area is 111 Å². The number of carbonyl (C=O) groups excluding carboxylic acids is 1. The number of ether oxygens (including phenoxy) is 1. The molecular formula is C13H29N3O2. The van der Waals surface area contributed by atoms with Gasteiger partial charge in [0.25, 0.3) is 0 Å². The van der Waals surface area contributed by atoms with Gasteiger partial charge in [-0.15, -0.1) is 0 Å². The zero-order valence-corrected chi connectivity index (χ0v) is 12.3. The summed E-state index contributed by atoms with van der Waals surface area (Å²) < 4.78 is 5.53. The predicted molar refractivity (Wildman–Crippen MR) is 74.5 cm³/mol. The normalized spacial score (nSPS) is 12.8. The topological polar surface area (TPSA) is 58.8 Å². The van der Waals surface area contributed by atoms with Crippen LogP contribution in [-0.4, -0.2) is 68.7 Å². The van der Waals surface area contributed by atoms with E-state index >= 15 is 0 Å². The minimum absolute atomic E-state index is 0.101. The third-order valence-electron chi connectivity index (χ3n) is 2.83. The van der Waals surface area contributed by atoms with Crippen LogP contribution in [0.15, 0.2) is 0 Å². The van der Waals surface area contributed by atoms with E-state index in [0.29, 0.717) is 19.7 Å². The van der Waals surface area contributed by atoms with Gasteiger partial charge in [0, 0.05) is 33.8 Å². The average Bonchev–Trinajstić information content (AvgIpc) is 2.34. The molecule has 0 saturated heterocycles. The van der Waals surface area contributed by atoms with Gasteiger partial charge in [-0.2, -0.15) is 0 Å². The Morgan fingerprint density at radius 1 is 1.28 bits per heavy atom. The summed E-state index contributed by atoms with van der Waals surface area (Å²) in [6, 6.07) is 0. The molecule has 0 aliphatic heterocycles. The number of hydrogen-bond acceptors (Lipinski definition) is 4. The maximum atomic E-state index is 11.7. The van der Waals surface area contributed by atoms with E-state index in [2.05, 4.69) is 11.8 Å². The molecule has 0 heterocycles. The van der Waals surface area contributed by atoms with Gasteiger partial charge in [-0.1, -0.05) is 6.92 Å². The van der Waals surface area contributed by atoms with Gasteiger partial charge < -0.3 is 15.4 Å². The molecule has 18 heavy (non-hydrogen) atoms. The van der Waals surface area contributed by atoms with Gasteiger partial charge in [-0.25, -0.2) is 0 Å². The van der Waals surface area contributed by atoms with Crippen LogP contribution in [0.2, 0.25) is 0 Å². The Morgan fingerprint density at radius 3 is 2.39 bits per heavy atom. The van der Waals surface area contributed by atoms with Crippen LogP contribution in [0.25, 0.3) is 0 Å². The van der Waals surface area contributed by atoms with Crippen molar-refractivity contribution in [2.45, 2.75) is 32.8 Å². The van der Waals surface area contributed by atoms with E-state index in [9.17, 15) is 4.79 Å². The number of nitrogens with two attached hydrogens (primary N) is 1. The lowest BCUT2D eigenvalue weighted by Crippen LogP contribution is -2.39. The van der Waals surface area contributed by atoms with E-state index < -0.39 is 0 Å². The molecule has 0 rings (SSSR count). The van der Waals surface area contributed by atoms with Gasteiger partial charge in [-0.3, -0.25) is 9.69 Å². The van der Waals surface area contributed by atoms with Gasteiger partial charge >= 0.3 is 0 Å². The Morgan fingerprint density at radius 2 is 1.94 bits per heavy atom. The maximum Gasteiger partial charge on any atom is 0.236 e. The summed E-state index contributed by atoms with van der Waals surface area (Å²) in [5, 5.41) is 0. The molecule has 5 nitrogen and oxygen atoms in total. The van der Waals surface area contributed by atoms with E-state index in [1.54, 1.807) is 19.0 Å². The van der Waals surface area contributed by atoms with Crippen LogP contribution in [0.1, 0.15) is 26.7 Å². The lowest BCUT2D eigenvalue weighted by Gasteiger charge is -2.25. The molecule has 0 aromatic carbocycles. The van der Waals surface area contributed by atoms with Crippen molar-refractivity contribution in [3.8, 4) is 0 Å². The Kier molecular flexibility index (Phi) is 9.92. The van der Waals surface area contributed by atoms with Crippen LogP contribution in [0.5, 0.6) is 0 Å². The first-order valence-corrected chi connectivity index (χ1v) is 6.79. The Hall–Kier alpha value is -0.650. The van der Waals surface area contributed by atoms with Crippen molar-refractivity contribution in [1.82, 2.24) is 9.80 Å². The van der Waals surface area contributed by atoms with Crippen molar-refractivity contribution in [2.75, 3.05) is 46.9 Å². The van der Waals surface area contributed by atoms with Crippen molar-refractivity contribution < 1.29 is 9.53 Å². The summed E-state index contributed by atoms with van der Waals surface area (Å²) in [6.07, 6.45) is 2.03. The largest absolute Gasteiger partial charge is 0.377 e. The lowest BCUT2D eigenvalue weighted by atomic mass is 10.2. The van der Waals surface area contributed by atoms with E-state index in [1.807, 2.05) is 6.92 Å². The number of hydrogen-bond donors (Lipinski definition) is 1. The maximum absolute atomic E-state index is 11.7. The van der Waals surface area contributed by atoms with Crippen LogP contribution in [0.3, 0.4) is 0 Å². The smallest absolute Gasteiger partial charge is 0.236 e. The predicted octanol–water partition coefficient (Wildman–Crippen LogP) is 0.541. The molecule has 0 bridgehead atoms. The highest BCUT2D eigenvalue weighted by Gasteiger charge is 2.14. The standard InChI is InChI=1S/C13H29N3O2/c1-5-8-16(11-13(17)15(3)4)9-7-12(10-14)18-6-2/h12H,5-11,14H2,1-4H3. The van der Waals surface area contributed by atoms with E-state index in [1.165, 1.54) is 0 Å². The van der Waals surface area contributed by atoms with Gasteiger partial charge in [0.15, 0.2) is 0 Å². The molecular weight excluding hydrogens is 230 g/mol. The molecule has 2 N–H and O–H groups in total. The highest BCUT2D eigenvalue weighted by molar-refractivity contribution is 5.77. The Balaban J connectivity index is 4.13. The fraction of sp³-hybridized carbons (Fsp3) is 0.923. The van der Waals surface area contributed by atoms with Crippen molar-refractivity contribution >= 4 is 5.91 Å². The molecule has 1 atom stereocenters. The summed E-state index contributed by atoms with van der Waals surface area (Å²) in [5.41, 5.74) is 5.65. The number of likely N-dealkylation sites (N-methyl/N-ethyl adjacent to an activating group) is 1. The molecule has 1 unspecified atom stereocenters. The number of rotatable bonds is 10. The SMILES string of the molecule is CCCN(CCC(CN)OCC)CC(=O)N(C)C. The van der Waals surface area contributed by atoms with Gasteiger partial charge in [0.1, 0.15) is 0 Å². The van der Waals surface area contributed by atoms with Gasteiger partial charge in [0.2, 0.25) is 5.91 Å². The van der Waals surface area contributed by atoms with E-state index in [0.717, 1.165) is 25.9 Å². The third-order valence-corrected chi connectivity index (χ3v) is 2.83. The lowest BCUT2D eigenvalue weighted by molar-refractivity contribution is -0.130. The first-order valence-electron chi connectivity index (χ1n) is 6.79. The van der Waals surface area contributed by atoms with Crippen LogP contribution in [0.4, 0.5) is 0 Å². The average molecular weight is 259 g/mol. The molecule has 1 amide bonds. The molecule has 0 aliphatic carbocycles. The van der Waals surface area contributed by atoms with Crippen molar-refractivity contribution in [3.63, 3.8) is 0 Å². The number of nitrogens with zero attached hydrogens (tertiary/aromatic N) is 2. The van der Waals surface area contributed by atoms with Crippen LogP contribution < -0.4 is 5.73 Å². The van der Waals surface area contributed by atoms with Crippen molar-refractivity contribution in [3.05, 3.63) is 0 Å². The third kappa shape index (κ3) is 7.63. The van der Waals surface area contributed by atoms with Crippen LogP contribution in [0, 0.1) is 0 Å². The quantitative estimate of drug-likeness (QED) is 0.622. The fourth-order valence-corrected chi connectivity index (χ4v) is 1.75. The fourth-order valence-electron chi connectivity index (χ4n) is 1.75. The summed E-state index contributed by atoms with van der Waals surface area (Å²) in [4.78, 5) is 15.5. The van der Waals surface area contributed by atoms with Crippen LogP contribution >= 0.6 is 0 Å². The minimum atomic E-state index is 0.101. The molecule has 108 valence electrons.